The summed E-state index contributed by atoms with van der Waals surface area (Å²) in [5.41, 5.74) is 5.14. The van der Waals surface area contributed by atoms with Crippen molar-refractivity contribution in [3.05, 3.63) is 75.0 Å². The number of rotatable bonds is 6. The molecule has 3 rings (SSSR count). The van der Waals surface area contributed by atoms with Gasteiger partial charge in [0.15, 0.2) is 11.5 Å². The van der Waals surface area contributed by atoms with Crippen molar-refractivity contribution in [2.24, 2.45) is 0 Å². The molecule has 1 aromatic heterocycles. The van der Waals surface area contributed by atoms with Crippen molar-refractivity contribution >= 4 is 22.9 Å². The van der Waals surface area contributed by atoms with Crippen LogP contribution in [0.15, 0.2) is 47.8 Å². The molecule has 0 saturated heterocycles. The van der Waals surface area contributed by atoms with Crippen molar-refractivity contribution in [2.75, 3.05) is 12.4 Å². The van der Waals surface area contributed by atoms with Crippen molar-refractivity contribution in [1.82, 2.24) is 0 Å². The van der Waals surface area contributed by atoms with Gasteiger partial charge in [0.2, 0.25) is 0 Å². The second-order valence-corrected chi connectivity index (χ2v) is 7.38. The number of ether oxygens (including phenoxy) is 2. The molecular formula is C22H23NO3S. The monoisotopic (exact) mass is 381 g/mol. The fraction of sp³-hybridized carbons (Fsp3) is 0.227. The van der Waals surface area contributed by atoms with Crippen LogP contribution in [0, 0.1) is 20.8 Å². The Kier molecular flexibility index (Phi) is 5.81. The zero-order valence-corrected chi connectivity index (χ0v) is 16.8. The SMILES string of the molecule is COc1cc(C)ccc1OCc1csc(C(=O)Nc2cccc(C)c2C)c1. The molecule has 0 atom stereocenters. The highest BCUT2D eigenvalue weighted by Gasteiger charge is 2.12. The van der Waals surface area contributed by atoms with E-state index in [1.54, 1.807) is 7.11 Å². The number of benzene rings is 2. The lowest BCUT2D eigenvalue weighted by Gasteiger charge is -2.10. The lowest BCUT2D eigenvalue weighted by atomic mass is 10.1. The van der Waals surface area contributed by atoms with Crippen molar-refractivity contribution in [2.45, 2.75) is 27.4 Å². The second kappa shape index (κ2) is 8.27. The Morgan fingerprint density at radius 3 is 2.67 bits per heavy atom. The third-order valence-electron chi connectivity index (χ3n) is 4.44. The van der Waals surface area contributed by atoms with Gasteiger partial charge in [-0.3, -0.25) is 4.79 Å². The average molecular weight is 381 g/mol. The topological polar surface area (TPSA) is 47.6 Å². The first-order valence-corrected chi connectivity index (χ1v) is 9.58. The lowest BCUT2D eigenvalue weighted by molar-refractivity contribution is 0.103. The maximum atomic E-state index is 12.5. The molecule has 0 bridgehead atoms. The predicted octanol–water partition coefficient (Wildman–Crippen LogP) is 5.51. The standard InChI is InChI=1S/C22H23NO3S/c1-14-8-9-19(20(10-14)25-4)26-12-17-11-21(27-13-17)22(24)23-18-7-5-6-15(2)16(18)3/h5-11,13H,12H2,1-4H3,(H,23,24). The van der Waals surface area contributed by atoms with Gasteiger partial charge in [0.1, 0.15) is 6.61 Å². The van der Waals surface area contributed by atoms with Gasteiger partial charge in [0, 0.05) is 11.3 Å². The average Bonchev–Trinajstić information content (AvgIpc) is 3.13. The molecule has 0 unspecified atom stereocenters. The summed E-state index contributed by atoms with van der Waals surface area (Å²) in [5.74, 6) is 1.29. The Morgan fingerprint density at radius 2 is 1.89 bits per heavy atom. The molecule has 3 aromatic rings. The normalized spacial score (nSPS) is 10.5. The molecule has 0 saturated carbocycles. The number of amides is 1. The molecule has 140 valence electrons. The van der Waals surface area contributed by atoms with Crippen LogP contribution in [0.3, 0.4) is 0 Å². The molecule has 0 fully saturated rings. The Hall–Kier alpha value is -2.79. The summed E-state index contributed by atoms with van der Waals surface area (Å²) in [6, 6.07) is 13.6. The van der Waals surface area contributed by atoms with E-state index in [2.05, 4.69) is 5.32 Å². The van der Waals surface area contributed by atoms with Crippen molar-refractivity contribution in [1.29, 1.82) is 0 Å². The number of hydrogen-bond acceptors (Lipinski definition) is 4. The molecule has 4 nitrogen and oxygen atoms in total. The van der Waals surface area contributed by atoms with E-state index >= 15 is 0 Å². The third kappa shape index (κ3) is 4.49. The summed E-state index contributed by atoms with van der Waals surface area (Å²) in [6.45, 7) is 6.43. The first-order valence-electron chi connectivity index (χ1n) is 8.70. The molecule has 0 spiro atoms. The van der Waals surface area contributed by atoms with Crippen LogP contribution in [0.25, 0.3) is 0 Å². The van der Waals surface area contributed by atoms with Crippen LogP contribution in [-0.4, -0.2) is 13.0 Å². The highest BCUT2D eigenvalue weighted by molar-refractivity contribution is 7.12. The van der Waals surface area contributed by atoms with Gasteiger partial charge < -0.3 is 14.8 Å². The van der Waals surface area contributed by atoms with Gasteiger partial charge in [-0.15, -0.1) is 11.3 Å². The minimum atomic E-state index is -0.104. The van der Waals surface area contributed by atoms with Gasteiger partial charge in [-0.2, -0.15) is 0 Å². The van der Waals surface area contributed by atoms with Gasteiger partial charge in [-0.1, -0.05) is 18.2 Å². The molecule has 2 aromatic carbocycles. The summed E-state index contributed by atoms with van der Waals surface area (Å²) in [6.07, 6.45) is 0. The van der Waals surface area contributed by atoms with E-state index in [4.69, 9.17) is 9.47 Å². The zero-order valence-electron chi connectivity index (χ0n) is 16.0. The van der Waals surface area contributed by atoms with Crippen molar-refractivity contribution < 1.29 is 14.3 Å². The number of hydrogen-bond donors (Lipinski definition) is 1. The lowest BCUT2D eigenvalue weighted by Crippen LogP contribution is -2.11. The maximum absolute atomic E-state index is 12.5. The van der Waals surface area contributed by atoms with Crippen LogP contribution in [0.4, 0.5) is 5.69 Å². The maximum Gasteiger partial charge on any atom is 0.265 e. The van der Waals surface area contributed by atoms with Crippen LogP contribution in [0.1, 0.15) is 31.9 Å². The van der Waals surface area contributed by atoms with Crippen molar-refractivity contribution in [3.63, 3.8) is 0 Å². The molecule has 1 amide bonds. The van der Waals surface area contributed by atoms with Gasteiger partial charge in [-0.05, 0) is 67.1 Å². The molecule has 27 heavy (non-hydrogen) atoms. The Labute approximate surface area is 163 Å². The van der Waals surface area contributed by atoms with E-state index < -0.39 is 0 Å². The highest BCUT2D eigenvalue weighted by Crippen LogP contribution is 2.29. The van der Waals surface area contributed by atoms with Crippen LogP contribution in [0.5, 0.6) is 11.5 Å². The molecule has 0 radical (unpaired) electrons. The summed E-state index contributed by atoms with van der Waals surface area (Å²) < 4.78 is 11.2. The van der Waals surface area contributed by atoms with E-state index in [-0.39, 0.29) is 5.91 Å². The van der Waals surface area contributed by atoms with Gasteiger partial charge >= 0.3 is 0 Å². The fourth-order valence-electron chi connectivity index (χ4n) is 2.70. The van der Waals surface area contributed by atoms with Gasteiger partial charge in [0.25, 0.3) is 5.91 Å². The summed E-state index contributed by atoms with van der Waals surface area (Å²) in [7, 11) is 1.63. The van der Waals surface area contributed by atoms with E-state index in [1.807, 2.05) is 68.6 Å². The smallest absolute Gasteiger partial charge is 0.265 e. The van der Waals surface area contributed by atoms with E-state index in [1.165, 1.54) is 11.3 Å². The number of thiophene rings is 1. The van der Waals surface area contributed by atoms with E-state index in [0.29, 0.717) is 23.0 Å². The number of aryl methyl sites for hydroxylation is 2. The minimum absolute atomic E-state index is 0.104. The summed E-state index contributed by atoms with van der Waals surface area (Å²) in [5, 5.41) is 4.93. The molecule has 1 heterocycles. The van der Waals surface area contributed by atoms with E-state index in [9.17, 15) is 4.79 Å². The summed E-state index contributed by atoms with van der Waals surface area (Å²) in [4.78, 5) is 13.2. The Balaban J connectivity index is 1.66. The summed E-state index contributed by atoms with van der Waals surface area (Å²) >= 11 is 1.41. The van der Waals surface area contributed by atoms with Crippen LogP contribution in [0.2, 0.25) is 0 Å². The minimum Gasteiger partial charge on any atom is -0.493 e. The molecule has 0 aliphatic heterocycles. The van der Waals surface area contributed by atoms with Crippen LogP contribution < -0.4 is 14.8 Å². The number of carbonyl (C=O) groups excluding carboxylic acids is 1. The Bertz CT molecular complexity index is 962. The Morgan fingerprint density at radius 1 is 1.07 bits per heavy atom. The van der Waals surface area contributed by atoms with Gasteiger partial charge in [0.05, 0.1) is 12.0 Å². The highest BCUT2D eigenvalue weighted by atomic mass is 32.1. The molecule has 0 aliphatic carbocycles. The molecule has 1 N–H and O–H groups in total. The first kappa shape index (κ1) is 19.0. The number of methoxy groups -OCH3 is 1. The fourth-order valence-corrected chi connectivity index (χ4v) is 3.49. The molecule has 0 aliphatic rings. The van der Waals surface area contributed by atoms with Gasteiger partial charge in [-0.25, -0.2) is 0 Å². The first-order chi connectivity index (χ1) is 13.0. The quantitative estimate of drug-likeness (QED) is 0.612. The largest absolute Gasteiger partial charge is 0.493 e. The number of anilines is 1. The van der Waals surface area contributed by atoms with Crippen LogP contribution in [-0.2, 0) is 6.61 Å². The van der Waals surface area contributed by atoms with Crippen molar-refractivity contribution in [3.8, 4) is 11.5 Å². The second-order valence-electron chi connectivity index (χ2n) is 6.46. The third-order valence-corrected chi connectivity index (χ3v) is 5.42. The number of nitrogens with one attached hydrogen (secondary N) is 1. The zero-order chi connectivity index (χ0) is 19.4. The van der Waals surface area contributed by atoms with E-state index in [0.717, 1.165) is 27.9 Å². The molecular weight excluding hydrogens is 358 g/mol. The number of carbonyl (C=O) groups is 1. The molecule has 5 heteroatoms. The van der Waals surface area contributed by atoms with Crippen LogP contribution >= 0.6 is 11.3 Å². The predicted molar refractivity (Wildman–Crippen MR) is 110 cm³/mol.